The molecule has 7 heteroatoms. The van der Waals surface area contributed by atoms with E-state index in [0.29, 0.717) is 12.0 Å². The second-order valence-electron chi connectivity index (χ2n) is 9.59. The summed E-state index contributed by atoms with van der Waals surface area (Å²) in [4.78, 5) is 25.0. The summed E-state index contributed by atoms with van der Waals surface area (Å²) in [6, 6.07) is 0. The number of allylic oxidation sites excluding steroid dienone is 2. The maximum absolute atomic E-state index is 12.5. The van der Waals surface area contributed by atoms with Crippen LogP contribution in [0, 0.1) is 16.7 Å². The summed E-state index contributed by atoms with van der Waals surface area (Å²) in [5, 5.41) is 30.2. The van der Waals surface area contributed by atoms with Crippen molar-refractivity contribution in [1.29, 1.82) is 0 Å². The molecule has 30 heavy (non-hydrogen) atoms. The Kier molecular flexibility index (Phi) is 6.02. The Hall–Kier alpha value is -1.96. The lowest BCUT2D eigenvalue weighted by atomic mass is 9.46. The average molecular weight is 421 g/mol. The van der Waals surface area contributed by atoms with E-state index >= 15 is 0 Å². The van der Waals surface area contributed by atoms with Crippen LogP contribution < -0.4 is 0 Å². The van der Waals surface area contributed by atoms with Crippen molar-refractivity contribution in [2.24, 2.45) is 16.7 Å². The molecular formula is C23H32O7. The zero-order chi connectivity index (χ0) is 22.3. The Morgan fingerprint density at radius 1 is 1.27 bits per heavy atom. The molecule has 0 radical (unpaired) electrons. The smallest absolute Gasteiger partial charge is 0.343 e. The first-order chi connectivity index (χ1) is 13.9. The number of hydrogen-bond acceptors (Lipinski definition) is 7. The molecule has 1 aliphatic heterocycles. The van der Waals surface area contributed by atoms with Crippen molar-refractivity contribution in [3.05, 3.63) is 36.0 Å². The van der Waals surface area contributed by atoms with E-state index in [1.165, 1.54) is 31.2 Å². The largest absolute Gasteiger partial charge is 0.459 e. The molecule has 3 rings (SSSR count). The molecule has 0 unspecified atom stereocenters. The molecule has 2 aliphatic carbocycles. The Morgan fingerprint density at radius 3 is 2.63 bits per heavy atom. The van der Waals surface area contributed by atoms with Gasteiger partial charge in [0.25, 0.3) is 0 Å². The average Bonchev–Trinajstić information content (AvgIpc) is 2.94. The van der Waals surface area contributed by atoms with Crippen molar-refractivity contribution in [3.8, 4) is 0 Å². The zero-order valence-electron chi connectivity index (χ0n) is 18.0. The van der Waals surface area contributed by atoms with E-state index in [1.807, 2.05) is 6.92 Å². The van der Waals surface area contributed by atoms with E-state index in [0.717, 1.165) is 12.8 Å². The maximum Gasteiger partial charge on any atom is 0.343 e. The van der Waals surface area contributed by atoms with Gasteiger partial charge in [-0.05, 0) is 31.3 Å². The highest BCUT2D eigenvalue weighted by Gasteiger charge is 2.69. The lowest BCUT2D eigenvalue weighted by Gasteiger charge is -2.59. The fourth-order valence-corrected chi connectivity index (χ4v) is 5.59. The molecule has 166 valence electrons. The quantitative estimate of drug-likeness (QED) is 0.269. The number of aliphatic hydroxyl groups is 3. The van der Waals surface area contributed by atoms with Crippen LogP contribution >= 0.6 is 0 Å². The second kappa shape index (κ2) is 7.94. The van der Waals surface area contributed by atoms with Crippen LogP contribution in [0.2, 0.25) is 0 Å². The normalized spacial score (nSPS) is 37.3. The number of hydrogen-bond donors (Lipinski definition) is 3. The Morgan fingerprint density at radius 2 is 1.97 bits per heavy atom. The molecule has 1 heterocycles. The summed E-state index contributed by atoms with van der Waals surface area (Å²) in [7, 11) is 0. The molecule has 7 nitrogen and oxygen atoms in total. The van der Waals surface area contributed by atoms with Crippen molar-refractivity contribution >= 4 is 11.9 Å². The Labute approximate surface area is 177 Å². The molecule has 2 fully saturated rings. The van der Waals surface area contributed by atoms with Crippen LogP contribution in [0.4, 0.5) is 0 Å². The second-order valence-corrected chi connectivity index (χ2v) is 9.59. The van der Waals surface area contributed by atoms with Gasteiger partial charge in [-0.3, -0.25) is 0 Å². The van der Waals surface area contributed by atoms with Gasteiger partial charge in [0.15, 0.2) is 5.60 Å². The molecule has 1 saturated heterocycles. The number of cyclic esters (lactones) is 1. The van der Waals surface area contributed by atoms with Crippen LogP contribution in [-0.4, -0.2) is 57.8 Å². The summed E-state index contributed by atoms with van der Waals surface area (Å²) >= 11 is 0. The number of fused-ring (bicyclic) bond motifs is 3. The minimum Gasteiger partial charge on any atom is -0.459 e. The van der Waals surface area contributed by atoms with Crippen LogP contribution in [0.1, 0.15) is 47.0 Å². The molecule has 0 bridgehead atoms. The fourth-order valence-electron chi connectivity index (χ4n) is 5.59. The third kappa shape index (κ3) is 3.63. The van der Waals surface area contributed by atoms with E-state index < -0.39 is 41.3 Å². The predicted octanol–water partition coefficient (Wildman–Crippen LogP) is 1.81. The zero-order valence-corrected chi connectivity index (χ0v) is 18.0. The fraction of sp³-hybridized carbons (Fsp3) is 0.652. The van der Waals surface area contributed by atoms with Gasteiger partial charge in [-0.15, -0.1) is 0 Å². The molecule has 3 aliphatic rings. The van der Waals surface area contributed by atoms with Gasteiger partial charge >= 0.3 is 11.9 Å². The van der Waals surface area contributed by atoms with Crippen LogP contribution in [0.3, 0.4) is 0 Å². The van der Waals surface area contributed by atoms with Gasteiger partial charge in [0.2, 0.25) is 0 Å². The highest BCUT2D eigenvalue weighted by atomic mass is 16.6. The number of carbonyl (C=O) groups excluding carboxylic acids is 2. The van der Waals surface area contributed by atoms with E-state index in [9.17, 15) is 24.9 Å². The number of aliphatic hydroxyl groups excluding tert-OH is 2. The molecule has 0 aromatic rings. The monoisotopic (exact) mass is 420 g/mol. The van der Waals surface area contributed by atoms with Crippen molar-refractivity contribution in [2.75, 3.05) is 6.61 Å². The number of rotatable bonds is 5. The Bertz CT molecular complexity index is 793. The van der Waals surface area contributed by atoms with E-state index in [2.05, 4.69) is 13.8 Å². The van der Waals surface area contributed by atoms with Gasteiger partial charge in [-0.1, -0.05) is 45.4 Å². The maximum atomic E-state index is 12.5. The molecule has 3 N–H and O–H groups in total. The minimum absolute atomic E-state index is 0.00192. The van der Waals surface area contributed by atoms with Crippen molar-refractivity contribution in [3.63, 3.8) is 0 Å². The lowest BCUT2D eigenvalue weighted by Crippen LogP contribution is -2.65. The summed E-state index contributed by atoms with van der Waals surface area (Å²) in [6.07, 6.45) is 7.07. The molecule has 0 amide bonds. The first-order valence-electron chi connectivity index (χ1n) is 10.5. The molecule has 0 aromatic carbocycles. The van der Waals surface area contributed by atoms with Gasteiger partial charge < -0.3 is 24.8 Å². The van der Waals surface area contributed by atoms with Crippen molar-refractivity contribution in [2.45, 2.75) is 70.9 Å². The van der Waals surface area contributed by atoms with Gasteiger partial charge in [0.1, 0.15) is 12.7 Å². The SMILES string of the molecule is C[C@@H](O)[C@H](O)/C=C/C=C/C(=O)O[C@@H]1C=C2COC(=O)[C@]2(O)[C@@]2(C)CCCC(C)(C)[C@H]12. The first kappa shape index (κ1) is 22.7. The van der Waals surface area contributed by atoms with E-state index in [4.69, 9.17) is 9.47 Å². The predicted molar refractivity (Wildman–Crippen MR) is 109 cm³/mol. The van der Waals surface area contributed by atoms with E-state index in [1.54, 1.807) is 6.08 Å². The third-order valence-electron chi connectivity index (χ3n) is 7.08. The lowest BCUT2D eigenvalue weighted by molar-refractivity contribution is -0.194. The minimum atomic E-state index is -1.69. The topological polar surface area (TPSA) is 113 Å². The third-order valence-corrected chi connectivity index (χ3v) is 7.08. The molecule has 0 spiro atoms. The van der Waals surface area contributed by atoms with Crippen molar-refractivity contribution < 1.29 is 34.4 Å². The van der Waals surface area contributed by atoms with Gasteiger partial charge in [-0.2, -0.15) is 0 Å². The number of carbonyl (C=O) groups is 2. The number of ether oxygens (including phenoxy) is 2. The van der Waals surface area contributed by atoms with Gasteiger partial charge in [0.05, 0.1) is 12.2 Å². The standard InChI is InChI=1S/C23H32O7/c1-14(24)16(25)8-5-6-9-18(26)30-17-12-15-13-29-20(27)23(15,28)22(4)11-7-10-21(2,3)19(17)22/h5-6,8-9,12,14,16-17,19,24-25,28H,7,10-11,13H2,1-4H3/b8-5+,9-6+/t14-,16-,17-,19+,22+,23+/m1/s1. The summed E-state index contributed by atoms with van der Waals surface area (Å²) in [6.45, 7) is 7.52. The first-order valence-corrected chi connectivity index (χ1v) is 10.5. The Balaban J connectivity index is 1.86. The van der Waals surface area contributed by atoms with Crippen molar-refractivity contribution in [1.82, 2.24) is 0 Å². The number of esters is 2. The molecule has 1 saturated carbocycles. The molecule has 6 atom stereocenters. The van der Waals surface area contributed by atoms with Crippen LogP contribution in [0.5, 0.6) is 0 Å². The summed E-state index contributed by atoms with van der Waals surface area (Å²) < 4.78 is 11.0. The highest BCUT2D eigenvalue weighted by molar-refractivity contribution is 5.88. The van der Waals surface area contributed by atoms with Crippen LogP contribution in [-0.2, 0) is 19.1 Å². The van der Waals surface area contributed by atoms with E-state index in [-0.39, 0.29) is 17.9 Å². The van der Waals surface area contributed by atoms with Crippen LogP contribution in [0.25, 0.3) is 0 Å². The molecular weight excluding hydrogens is 388 g/mol. The summed E-state index contributed by atoms with van der Waals surface area (Å²) in [5.74, 6) is -1.44. The van der Waals surface area contributed by atoms with Crippen LogP contribution in [0.15, 0.2) is 36.0 Å². The molecule has 0 aromatic heterocycles. The van der Waals surface area contributed by atoms with Gasteiger partial charge in [0, 0.05) is 23.0 Å². The summed E-state index contributed by atoms with van der Waals surface area (Å²) in [5.41, 5.74) is -2.29. The highest BCUT2D eigenvalue weighted by Crippen LogP contribution is 2.63. The van der Waals surface area contributed by atoms with Gasteiger partial charge in [-0.25, -0.2) is 9.59 Å².